The molecule has 0 saturated heterocycles. The lowest BCUT2D eigenvalue weighted by molar-refractivity contribution is -0.137. The molecule has 14 heavy (non-hydrogen) atoms. The molecular weight excluding hydrogens is 180 g/mol. The normalized spacial score (nSPS) is 11.1. The average Bonchev–Trinajstić information content (AvgIpc) is 2.19. The van der Waals surface area contributed by atoms with Crippen LogP contribution in [-0.2, 0) is 9.53 Å². The highest BCUT2D eigenvalue weighted by Gasteiger charge is 2.00. The number of pyridine rings is 1. The van der Waals surface area contributed by atoms with E-state index in [0.29, 0.717) is 17.9 Å². The molecular formula is C10H12N2O2. The Morgan fingerprint density at radius 2 is 2.50 bits per heavy atom. The topological polar surface area (TPSA) is 65.2 Å². The number of nitrogens with zero attached hydrogens (tertiary/aromatic N) is 1. The standard InChI is InChI=1S/C10H12N2O2/c1-2-14-10(13)6-9(11)8-4-3-5-12-7-8/h3-7H,2,11H2,1H3/b9-6+. The third kappa shape index (κ3) is 2.90. The zero-order valence-corrected chi connectivity index (χ0v) is 7.93. The largest absolute Gasteiger partial charge is 0.463 e. The molecule has 0 bridgehead atoms. The van der Waals surface area contributed by atoms with Crippen molar-refractivity contribution in [3.05, 3.63) is 36.2 Å². The molecule has 1 aromatic rings. The summed E-state index contributed by atoms with van der Waals surface area (Å²) in [6, 6.07) is 3.53. The van der Waals surface area contributed by atoms with Crippen LogP contribution in [0.4, 0.5) is 0 Å². The van der Waals surface area contributed by atoms with Gasteiger partial charge in [-0.25, -0.2) is 4.79 Å². The predicted molar refractivity (Wildman–Crippen MR) is 53.0 cm³/mol. The van der Waals surface area contributed by atoms with Crippen molar-refractivity contribution in [3.8, 4) is 0 Å². The van der Waals surface area contributed by atoms with Crippen LogP contribution in [0.1, 0.15) is 12.5 Å². The molecule has 0 atom stereocenters. The number of rotatable bonds is 3. The quantitative estimate of drug-likeness (QED) is 0.572. The molecule has 0 unspecified atom stereocenters. The molecule has 0 saturated carbocycles. The molecule has 0 aliphatic heterocycles. The number of esters is 1. The molecule has 4 nitrogen and oxygen atoms in total. The molecule has 4 heteroatoms. The summed E-state index contributed by atoms with van der Waals surface area (Å²) in [6.45, 7) is 2.08. The zero-order valence-electron chi connectivity index (χ0n) is 7.93. The predicted octanol–water partition coefficient (Wildman–Crippen LogP) is 0.944. The fourth-order valence-electron chi connectivity index (χ4n) is 0.928. The molecule has 74 valence electrons. The summed E-state index contributed by atoms with van der Waals surface area (Å²) < 4.78 is 4.72. The smallest absolute Gasteiger partial charge is 0.332 e. The van der Waals surface area contributed by atoms with Gasteiger partial charge < -0.3 is 10.5 Å². The maximum absolute atomic E-state index is 11.0. The summed E-state index contributed by atoms with van der Waals surface area (Å²) in [5, 5.41) is 0. The van der Waals surface area contributed by atoms with Gasteiger partial charge in [0.05, 0.1) is 6.61 Å². The van der Waals surface area contributed by atoms with Crippen LogP contribution in [0, 0.1) is 0 Å². The fourth-order valence-corrected chi connectivity index (χ4v) is 0.928. The van der Waals surface area contributed by atoms with Gasteiger partial charge in [-0.1, -0.05) is 0 Å². The van der Waals surface area contributed by atoms with Crippen LogP contribution < -0.4 is 5.73 Å². The summed E-state index contributed by atoms with van der Waals surface area (Å²) in [6.07, 6.45) is 4.48. The Balaban J connectivity index is 2.75. The highest BCUT2D eigenvalue weighted by Crippen LogP contribution is 2.05. The maximum atomic E-state index is 11.0. The minimum atomic E-state index is -0.436. The molecule has 2 N–H and O–H groups in total. The SMILES string of the molecule is CCOC(=O)/C=C(/N)c1cccnc1. The van der Waals surface area contributed by atoms with Gasteiger partial charge in [0.15, 0.2) is 0 Å². The Bertz CT molecular complexity index is 333. The molecule has 0 aromatic carbocycles. The van der Waals surface area contributed by atoms with Crippen molar-refractivity contribution < 1.29 is 9.53 Å². The van der Waals surface area contributed by atoms with Gasteiger partial charge in [-0.05, 0) is 19.1 Å². The fraction of sp³-hybridized carbons (Fsp3) is 0.200. The van der Waals surface area contributed by atoms with Gasteiger partial charge in [0, 0.05) is 29.7 Å². The second-order valence-corrected chi connectivity index (χ2v) is 2.59. The van der Waals surface area contributed by atoms with E-state index in [0.717, 1.165) is 0 Å². The number of nitrogens with two attached hydrogens (primary N) is 1. The molecule has 0 amide bonds. The van der Waals surface area contributed by atoms with E-state index >= 15 is 0 Å². The van der Waals surface area contributed by atoms with Gasteiger partial charge >= 0.3 is 5.97 Å². The highest BCUT2D eigenvalue weighted by molar-refractivity contribution is 5.90. The van der Waals surface area contributed by atoms with Crippen molar-refractivity contribution >= 4 is 11.7 Å². The van der Waals surface area contributed by atoms with E-state index in [1.165, 1.54) is 6.08 Å². The second kappa shape index (κ2) is 5.01. The molecule has 0 radical (unpaired) electrons. The number of carbonyl (C=O) groups excluding carboxylic acids is 1. The van der Waals surface area contributed by atoms with Crippen LogP contribution in [0.2, 0.25) is 0 Å². The number of ether oxygens (including phenoxy) is 1. The summed E-state index contributed by atoms with van der Waals surface area (Å²) in [4.78, 5) is 14.9. The van der Waals surface area contributed by atoms with E-state index < -0.39 is 5.97 Å². The van der Waals surface area contributed by atoms with Crippen molar-refractivity contribution in [2.24, 2.45) is 5.73 Å². The first kappa shape index (κ1) is 10.2. The van der Waals surface area contributed by atoms with Gasteiger partial charge in [0.25, 0.3) is 0 Å². The number of hydrogen-bond acceptors (Lipinski definition) is 4. The van der Waals surface area contributed by atoms with Crippen molar-refractivity contribution in [2.45, 2.75) is 6.92 Å². The Labute approximate surface area is 82.4 Å². The van der Waals surface area contributed by atoms with Crippen LogP contribution in [0.5, 0.6) is 0 Å². The molecule has 0 spiro atoms. The highest BCUT2D eigenvalue weighted by atomic mass is 16.5. The maximum Gasteiger partial charge on any atom is 0.332 e. The molecule has 0 aliphatic rings. The molecule has 1 heterocycles. The van der Waals surface area contributed by atoms with Crippen molar-refractivity contribution in [2.75, 3.05) is 6.61 Å². The van der Waals surface area contributed by atoms with E-state index in [2.05, 4.69) is 4.98 Å². The van der Waals surface area contributed by atoms with Crippen LogP contribution in [-0.4, -0.2) is 17.6 Å². The summed E-state index contributed by atoms with van der Waals surface area (Å²) >= 11 is 0. The van der Waals surface area contributed by atoms with Crippen molar-refractivity contribution in [3.63, 3.8) is 0 Å². The first-order valence-corrected chi connectivity index (χ1v) is 4.28. The van der Waals surface area contributed by atoms with Crippen LogP contribution in [0.25, 0.3) is 5.70 Å². The van der Waals surface area contributed by atoms with E-state index in [9.17, 15) is 4.79 Å². The molecule has 1 aromatic heterocycles. The number of aromatic nitrogens is 1. The Hall–Kier alpha value is -1.84. The van der Waals surface area contributed by atoms with Gasteiger partial charge in [-0.3, -0.25) is 4.98 Å². The summed E-state index contributed by atoms with van der Waals surface area (Å²) in [5.41, 5.74) is 6.71. The van der Waals surface area contributed by atoms with E-state index in [-0.39, 0.29) is 0 Å². The molecule has 1 rings (SSSR count). The Morgan fingerprint density at radius 1 is 1.71 bits per heavy atom. The van der Waals surface area contributed by atoms with Gasteiger partial charge in [-0.15, -0.1) is 0 Å². The van der Waals surface area contributed by atoms with Crippen molar-refractivity contribution in [1.29, 1.82) is 0 Å². The monoisotopic (exact) mass is 192 g/mol. The van der Waals surface area contributed by atoms with Crippen LogP contribution >= 0.6 is 0 Å². The van der Waals surface area contributed by atoms with E-state index in [1.807, 2.05) is 0 Å². The van der Waals surface area contributed by atoms with Crippen molar-refractivity contribution in [1.82, 2.24) is 4.98 Å². The average molecular weight is 192 g/mol. The Kier molecular flexibility index (Phi) is 3.67. The second-order valence-electron chi connectivity index (χ2n) is 2.59. The lowest BCUT2D eigenvalue weighted by Crippen LogP contribution is -2.05. The zero-order chi connectivity index (χ0) is 10.4. The van der Waals surface area contributed by atoms with E-state index in [1.54, 1.807) is 31.5 Å². The van der Waals surface area contributed by atoms with Gasteiger partial charge in [0.1, 0.15) is 0 Å². The van der Waals surface area contributed by atoms with Gasteiger partial charge in [-0.2, -0.15) is 0 Å². The van der Waals surface area contributed by atoms with Crippen LogP contribution in [0.15, 0.2) is 30.6 Å². The van der Waals surface area contributed by atoms with Gasteiger partial charge in [0.2, 0.25) is 0 Å². The number of carbonyl (C=O) groups is 1. The third-order valence-corrected chi connectivity index (χ3v) is 1.55. The Morgan fingerprint density at radius 3 is 3.07 bits per heavy atom. The van der Waals surface area contributed by atoms with Crippen LogP contribution in [0.3, 0.4) is 0 Å². The third-order valence-electron chi connectivity index (χ3n) is 1.55. The first-order valence-electron chi connectivity index (χ1n) is 4.28. The summed E-state index contributed by atoms with van der Waals surface area (Å²) in [7, 11) is 0. The minimum absolute atomic E-state index is 0.343. The molecule has 0 fully saturated rings. The lowest BCUT2D eigenvalue weighted by atomic mass is 10.2. The minimum Gasteiger partial charge on any atom is -0.463 e. The van der Waals surface area contributed by atoms with E-state index in [4.69, 9.17) is 10.5 Å². The first-order chi connectivity index (χ1) is 6.74. The molecule has 0 aliphatic carbocycles. The summed E-state index contributed by atoms with van der Waals surface area (Å²) in [5.74, 6) is -0.436. The lowest BCUT2D eigenvalue weighted by Gasteiger charge is -2.00. The number of hydrogen-bond donors (Lipinski definition) is 1.